The van der Waals surface area contributed by atoms with Gasteiger partial charge in [0.05, 0.1) is 25.9 Å². The molecule has 0 aromatic carbocycles. The molecular weight excluding hydrogens is 182 g/mol. The number of rotatable bonds is 8. The standard InChI is InChI=1S/C10H21NO3/c1-12-8-9-13-7-6-11-14-10-4-2-3-5-10/h10-11H,2-9H2,1H3. The van der Waals surface area contributed by atoms with Gasteiger partial charge in [0.1, 0.15) is 0 Å². The summed E-state index contributed by atoms with van der Waals surface area (Å²) in [6, 6.07) is 0. The van der Waals surface area contributed by atoms with Crippen LogP contribution >= 0.6 is 0 Å². The van der Waals surface area contributed by atoms with Crippen molar-refractivity contribution in [1.82, 2.24) is 5.48 Å². The molecule has 0 heterocycles. The molecule has 1 rings (SSSR count). The molecule has 1 N–H and O–H groups in total. The largest absolute Gasteiger partial charge is 0.382 e. The van der Waals surface area contributed by atoms with Gasteiger partial charge in [0, 0.05) is 13.7 Å². The van der Waals surface area contributed by atoms with E-state index in [1.807, 2.05) is 0 Å². The smallest absolute Gasteiger partial charge is 0.0790 e. The van der Waals surface area contributed by atoms with Crippen LogP contribution in [0.3, 0.4) is 0 Å². The number of hydrogen-bond donors (Lipinski definition) is 1. The average molecular weight is 203 g/mol. The molecule has 84 valence electrons. The third kappa shape index (κ3) is 5.54. The number of ether oxygens (including phenoxy) is 2. The Balaban J connectivity index is 1.75. The second-order valence-corrected chi connectivity index (χ2v) is 3.52. The summed E-state index contributed by atoms with van der Waals surface area (Å²) in [6.07, 6.45) is 5.41. The topological polar surface area (TPSA) is 39.7 Å². The molecule has 4 nitrogen and oxygen atoms in total. The fourth-order valence-corrected chi connectivity index (χ4v) is 1.54. The maximum Gasteiger partial charge on any atom is 0.0790 e. The molecule has 0 saturated heterocycles. The van der Waals surface area contributed by atoms with E-state index in [1.54, 1.807) is 7.11 Å². The molecule has 1 fully saturated rings. The highest BCUT2D eigenvalue weighted by molar-refractivity contribution is 4.65. The summed E-state index contributed by atoms with van der Waals surface area (Å²) in [5.41, 5.74) is 2.94. The van der Waals surface area contributed by atoms with Crippen molar-refractivity contribution >= 4 is 0 Å². The van der Waals surface area contributed by atoms with Gasteiger partial charge in [-0.1, -0.05) is 12.8 Å². The van der Waals surface area contributed by atoms with Gasteiger partial charge in [0.25, 0.3) is 0 Å². The van der Waals surface area contributed by atoms with Crippen LogP contribution in [-0.4, -0.2) is 39.6 Å². The Kier molecular flexibility index (Phi) is 6.95. The van der Waals surface area contributed by atoms with Gasteiger partial charge in [0.2, 0.25) is 0 Å². The summed E-state index contributed by atoms with van der Waals surface area (Å²) in [5, 5.41) is 0. The second-order valence-electron chi connectivity index (χ2n) is 3.52. The monoisotopic (exact) mass is 203 g/mol. The van der Waals surface area contributed by atoms with Crippen molar-refractivity contribution in [2.45, 2.75) is 31.8 Å². The highest BCUT2D eigenvalue weighted by Gasteiger charge is 2.14. The maximum absolute atomic E-state index is 5.45. The van der Waals surface area contributed by atoms with Crippen molar-refractivity contribution in [2.24, 2.45) is 0 Å². The molecule has 1 saturated carbocycles. The SMILES string of the molecule is COCCOCCNOC1CCCC1. The third-order valence-corrected chi connectivity index (χ3v) is 2.33. The summed E-state index contributed by atoms with van der Waals surface area (Å²) >= 11 is 0. The highest BCUT2D eigenvalue weighted by Crippen LogP contribution is 2.19. The Morgan fingerprint density at radius 2 is 1.93 bits per heavy atom. The van der Waals surface area contributed by atoms with Crippen molar-refractivity contribution in [3.63, 3.8) is 0 Å². The third-order valence-electron chi connectivity index (χ3n) is 2.33. The van der Waals surface area contributed by atoms with Gasteiger partial charge in [0.15, 0.2) is 0 Å². The van der Waals surface area contributed by atoms with E-state index >= 15 is 0 Å². The van der Waals surface area contributed by atoms with E-state index in [9.17, 15) is 0 Å². The lowest BCUT2D eigenvalue weighted by Gasteiger charge is -2.11. The van der Waals surface area contributed by atoms with Crippen molar-refractivity contribution in [1.29, 1.82) is 0 Å². The molecule has 0 bridgehead atoms. The zero-order chi connectivity index (χ0) is 10.1. The Hall–Kier alpha value is -0.160. The van der Waals surface area contributed by atoms with Gasteiger partial charge in [-0.25, -0.2) is 0 Å². The molecule has 1 aliphatic carbocycles. The van der Waals surface area contributed by atoms with Crippen molar-refractivity contribution in [3.05, 3.63) is 0 Å². The van der Waals surface area contributed by atoms with Crippen molar-refractivity contribution in [2.75, 3.05) is 33.5 Å². The van der Waals surface area contributed by atoms with Gasteiger partial charge in [-0.2, -0.15) is 5.48 Å². The Morgan fingerprint density at radius 1 is 1.14 bits per heavy atom. The van der Waals surface area contributed by atoms with Crippen molar-refractivity contribution < 1.29 is 14.3 Å². The summed E-state index contributed by atoms with van der Waals surface area (Å²) in [6.45, 7) is 2.74. The molecule has 0 amide bonds. The number of hydroxylamine groups is 1. The zero-order valence-electron chi connectivity index (χ0n) is 8.96. The van der Waals surface area contributed by atoms with Gasteiger partial charge in [-0.05, 0) is 12.8 Å². The lowest BCUT2D eigenvalue weighted by Crippen LogP contribution is -2.25. The fraction of sp³-hybridized carbons (Fsp3) is 1.00. The van der Waals surface area contributed by atoms with Gasteiger partial charge in [-0.3, -0.25) is 4.84 Å². The van der Waals surface area contributed by atoms with E-state index in [2.05, 4.69) is 5.48 Å². The van der Waals surface area contributed by atoms with E-state index in [0.717, 1.165) is 6.54 Å². The number of nitrogens with one attached hydrogen (secondary N) is 1. The normalized spacial score (nSPS) is 17.8. The van der Waals surface area contributed by atoms with Crippen LogP contribution in [0.5, 0.6) is 0 Å². The van der Waals surface area contributed by atoms with Crippen molar-refractivity contribution in [3.8, 4) is 0 Å². The zero-order valence-corrected chi connectivity index (χ0v) is 8.96. The Morgan fingerprint density at radius 3 is 2.64 bits per heavy atom. The summed E-state index contributed by atoms with van der Waals surface area (Å²) in [4.78, 5) is 5.45. The lowest BCUT2D eigenvalue weighted by molar-refractivity contribution is -0.0338. The second kappa shape index (κ2) is 8.17. The van der Waals surface area contributed by atoms with Gasteiger partial charge < -0.3 is 9.47 Å². The van der Waals surface area contributed by atoms with Gasteiger partial charge in [-0.15, -0.1) is 0 Å². The first-order valence-corrected chi connectivity index (χ1v) is 5.38. The molecule has 0 unspecified atom stereocenters. The first-order valence-electron chi connectivity index (χ1n) is 5.38. The molecule has 14 heavy (non-hydrogen) atoms. The van der Waals surface area contributed by atoms with Crippen LogP contribution in [0.2, 0.25) is 0 Å². The first kappa shape index (κ1) is 11.9. The minimum Gasteiger partial charge on any atom is -0.382 e. The summed E-state index contributed by atoms with van der Waals surface area (Å²) in [5.74, 6) is 0. The van der Waals surface area contributed by atoms with E-state index in [1.165, 1.54) is 25.7 Å². The predicted octanol–water partition coefficient (Wildman–Crippen LogP) is 1.11. The molecule has 0 aromatic heterocycles. The van der Waals surface area contributed by atoms with Gasteiger partial charge >= 0.3 is 0 Å². The molecule has 0 spiro atoms. The summed E-state index contributed by atoms with van der Waals surface area (Å²) < 4.78 is 10.1. The first-order chi connectivity index (χ1) is 6.93. The van der Waals surface area contributed by atoms with E-state index in [4.69, 9.17) is 14.3 Å². The predicted molar refractivity (Wildman–Crippen MR) is 54.0 cm³/mol. The van der Waals surface area contributed by atoms with E-state index in [0.29, 0.717) is 25.9 Å². The number of hydrogen-bond acceptors (Lipinski definition) is 4. The fourth-order valence-electron chi connectivity index (χ4n) is 1.54. The Labute approximate surface area is 85.9 Å². The molecular formula is C10H21NO3. The lowest BCUT2D eigenvalue weighted by atomic mass is 10.3. The highest BCUT2D eigenvalue weighted by atomic mass is 16.7. The number of methoxy groups -OCH3 is 1. The van der Waals surface area contributed by atoms with Crippen LogP contribution in [0.4, 0.5) is 0 Å². The maximum atomic E-state index is 5.45. The van der Waals surface area contributed by atoms with Crippen LogP contribution in [0.25, 0.3) is 0 Å². The minimum absolute atomic E-state index is 0.425. The molecule has 1 aliphatic rings. The minimum atomic E-state index is 0.425. The quantitative estimate of drug-likeness (QED) is 0.474. The molecule has 0 atom stereocenters. The van der Waals surface area contributed by atoms with Crippen LogP contribution in [0.1, 0.15) is 25.7 Å². The molecule has 0 aliphatic heterocycles. The van der Waals surface area contributed by atoms with Crippen LogP contribution in [0, 0.1) is 0 Å². The average Bonchev–Trinajstić information content (AvgIpc) is 2.69. The molecule has 0 radical (unpaired) electrons. The van der Waals surface area contributed by atoms with Crippen LogP contribution in [0.15, 0.2) is 0 Å². The van der Waals surface area contributed by atoms with Crippen LogP contribution < -0.4 is 5.48 Å². The van der Waals surface area contributed by atoms with E-state index in [-0.39, 0.29) is 0 Å². The Bertz CT molecular complexity index is 127. The molecule has 4 heteroatoms. The summed E-state index contributed by atoms with van der Waals surface area (Å²) in [7, 11) is 1.67. The van der Waals surface area contributed by atoms with Crippen LogP contribution in [-0.2, 0) is 14.3 Å². The molecule has 0 aromatic rings. The van der Waals surface area contributed by atoms with E-state index < -0.39 is 0 Å².